The monoisotopic (exact) mass is 439 g/mol. The largest absolute Gasteiger partial charge is 0.361 e. The Balaban J connectivity index is 0.000000312. The molecule has 1 N–H and O–H groups in total. The van der Waals surface area contributed by atoms with Gasteiger partial charge >= 0.3 is 0 Å². The molecule has 2 heterocycles. The van der Waals surface area contributed by atoms with Crippen LogP contribution in [0, 0.1) is 5.92 Å². The van der Waals surface area contributed by atoms with Gasteiger partial charge in [0, 0.05) is 55.9 Å². The van der Waals surface area contributed by atoms with Crippen molar-refractivity contribution in [2.24, 2.45) is 5.92 Å². The van der Waals surface area contributed by atoms with Crippen LogP contribution in [0.15, 0.2) is 30.5 Å². The summed E-state index contributed by atoms with van der Waals surface area (Å²) in [7, 11) is 10.5. The van der Waals surface area contributed by atoms with Crippen molar-refractivity contribution in [2.45, 2.75) is 26.3 Å². The van der Waals surface area contributed by atoms with Crippen molar-refractivity contribution in [1.82, 2.24) is 24.6 Å². The maximum Gasteiger partial charge on any atom is 0.230 e. The summed E-state index contributed by atoms with van der Waals surface area (Å²) in [6.45, 7) is 8.76. The van der Waals surface area contributed by atoms with E-state index in [2.05, 4.69) is 99.2 Å². The molecule has 0 unspecified atom stereocenters. The normalized spacial score (nSPS) is 20.1. The predicted molar refractivity (Wildman–Crippen MR) is 135 cm³/mol. The molecule has 0 saturated carbocycles. The minimum absolute atomic E-state index is 0.0445. The average molecular weight is 440 g/mol. The summed E-state index contributed by atoms with van der Waals surface area (Å²) in [5.74, 6) is 0.210. The molecule has 0 bridgehead atoms. The van der Waals surface area contributed by atoms with Gasteiger partial charge in [-0.2, -0.15) is 0 Å². The third-order valence-corrected chi connectivity index (χ3v) is 6.65. The lowest BCUT2D eigenvalue weighted by atomic mass is 9.79. The number of nitrogens with zero attached hydrogens (tertiary/aromatic N) is 4. The van der Waals surface area contributed by atoms with Crippen LogP contribution < -0.4 is 0 Å². The van der Waals surface area contributed by atoms with Crippen LogP contribution in [0.1, 0.15) is 25.0 Å². The van der Waals surface area contributed by atoms with Crippen molar-refractivity contribution in [3.8, 4) is 0 Å². The summed E-state index contributed by atoms with van der Waals surface area (Å²) in [5.41, 5.74) is 5.21. The molecule has 32 heavy (non-hydrogen) atoms. The second-order valence-corrected chi connectivity index (χ2v) is 9.55. The van der Waals surface area contributed by atoms with E-state index in [1.54, 1.807) is 0 Å². The number of amides is 1. The van der Waals surface area contributed by atoms with E-state index in [1.807, 2.05) is 4.90 Å². The Bertz CT molecular complexity index is 933. The molecule has 0 saturated heterocycles. The highest BCUT2D eigenvalue weighted by Gasteiger charge is 2.36. The topological polar surface area (TPSA) is 45.8 Å². The number of hydrogen-bond acceptors (Lipinski definition) is 4. The molecule has 1 aliphatic heterocycles. The van der Waals surface area contributed by atoms with Crippen LogP contribution in [-0.4, -0.2) is 104 Å². The highest BCUT2D eigenvalue weighted by atomic mass is 16.2. The Labute approximate surface area is 193 Å². The molecule has 1 aromatic carbocycles. The Morgan fingerprint density at radius 2 is 1.75 bits per heavy atom. The SMILES string of the molecule is CCN(CC)C(=O)[C@@H]1C=C2c3cccc4[nH]cc(c34)C[C@H]2N(C)C1.CN(C)CCN(C)C. The molecule has 1 amide bonds. The number of carbonyl (C=O) groups excluding carboxylic acids is 1. The maximum atomic E-state index is 12.9. The minimum atomic E-state index is -0.0445. The van der Waals surface area contributed by atoms with Gasteiger partial charge in [-0.3, -0.25) is 9.69 Å². The third kappa shape index (κ3) is 5.25. The van der Waals surface area contributed by atoms with Crippen LogP contribution in [0.2, 0.25) is 0 Å². The van der Waals surface area contributed by atoms with Crippen molar-refractivity contribution in [3.63, 3.8) is 0 Å². The smallest absolute Gasteiger partial charge is 0.230 e. The van der Waals surface area contributed by atoms with Crippen LogP contribution in [0.25, 0.3) is 16.5 Å². The van der Waals surface area contributed by atoms with Crippen molar-refractivity contribution in [2.75, 3.05) is 68.0 Å². The van der Waals surface area contributed by atoms with Gasteiger partial charge in [-0.15, -0.1) is 0 Å². The summed E-state index contributed by atoms with van der Waals surface area (Å²) in [6.07, 6.45) is 5.41. The summed E-state index contributed by atoms with van der Waals surface area (Å²) >= 11 is 0. The number of hydrogen-bond donors (Lipinski definition) is 1. The van der Waals surface area contributed by atoms with Gasteiger partial charge in [-0.1, -0.05) is 18.2 Å². The predicted octanol–water partition coefficient (Wildman–Crippen LogP) is 3.02. The molecule has 0 spiro atoms. The Morgan fingerprint density at radius 1 is 1.09 bits per heavy atom. The molecule has 2 aliphatic rings. The number of aromatic nitrogens is 1. The lowest BCUT2D eigenvalue weighted by Crippen LogP contribution is -2.47. The Hall–Kier alpha value is -2.15. The van der Waals surface area contributed by atoms with Gasteiger partial charge in [0.15, 0.2) is 0 Å². The fourth-order valence-electron chi connectivity index (χ4n) is 4.78. The summed E-state index contributed by atoms with van der Waals surface area (Å²) < 4.78 is 0. The van der Waals surface area contributed by atoms with Crippen LogP contribution >= 0.6 is 0 Å². The molecule has 176 valence electrons. The van der Waals surface area contributed by atoms with E-state index in [9.17, 15) is 4.79 Å². The van der Waals surface area contributed by atoms with Crippen molar-refractivity contribution >= 4 is 22.4 Å². The summed E-state index contributed by atoms with van der Waals surface area (Å²) in [5, 5.41) is 1.34. The standard InChI is InChI=1S/C20H25N3O.C6H16N2/c1-4-23(5-2)20(24)14-9-16-15-7-6-8-17-19(15)13(11-21-17)10-18(16)22(3)12-14;1-7(2)5-6-8(3)4/h6-9,11,14,18,21H,4-5,10,12H2,1-3H3;5-6H2,1-4H3/t14-,18-;/m1./s1. The fourth-order valence-corrected chi connectivity index (χ4v) is 4.78. The molecule has 1 aromatic heterocycles. The lowest BCUT2D eigenvalue weighted by Gasteiger charge is -2.40. The highest BCUT2D eigenvalue weighted by molar-refractivity contribution is 5.99. The molecule has 0 fully saturated rings. The van der Waals surface area contributed by atoms with E-state index < -0.39 is 0 Å². The zero-order chi connectivity index (χ0) is 23.4. The van der Waals surface area contributed by atoms with E-state index in [4.69, 9.17) is 0 Å². The van der Waals surface area contributed by atoms with Crippen molar-refractivity contribution in [1.29, 1.82) is 0 Å². The summed E-state index contributed by atoms with van der Waals surface area (Å²) in [6, 6.07) is 6.82. The first-order chi connectivity index (χ1) is 15.3. The second kappa shape index (κ2) is 10.6. The number of nitrogens with one attached hydrogen (secondary N) is 1. The van der Waals surface area contributed by atoms with Gasteiger partial charge in [-0.05, 0) is 78.3 Å². The van der Waals surface area contributed by atoms with E-state index in [-0.39, 0.29) is 11.8 Å². The number of likely N-dealkylation sites (N-methyl/N-ethyl adjacent to an activating group) is 3. The third-order valence-electron chi connectivity index (χ3n) is 6.65. The molecule has 2 aromatic rings. The fraction of sp³-hybridized carbons (Fsp3) is 0.577. The highest BCUT2D eigenvalue weighted by Crippen LogP contribution is 2.40. The number of fused-ring (bicyclic) bond motifs is 2. The van der Waals surface area contributed by atoms with E-state index >= 15 is 0 Å². The molecule has 1 aliphatic carbocycles. The number of carbonyl (C=O) groups is 1. The van der Waals surface area contributed by atoms with Crippen molar-refractivity contribution < 1.29 is 4.79 Å². The van der Waals surface area contributed by atoms with Gasteiger partial charge in [0.1, 0.15) is 0 Å². The zero-order valence-corrected chi connectivity index (χ0v) is 21.0. The Morgan fingerprint density at radius 3 is 2.34 bits per heavy atom. The van der Waals surface area contributed by atoms with Gasteiger partial charge < -0.3 is 19.7 Å². The van der Waals surface area contributed by atoms with Crippen LogP contribution in [-0.2, 0) is 11.2 Å². The molecule has 2 atom stereocenters. The van der Waals surface area contributed by atoms with E-state index in [0.717, 1.165) is 39.1 Å². The maximum absolute atomic E-state index is 12.9. The van der Waals surface area contributed by atoms with E-state index in [1.165, 1.54) is 27.6 Å². The quantitative estimate of drug-likeness (QED) is 0.752. The van der Waals surface area contributed by atoms with Gasteiger partial charge in [0.2, 0.25) is 5.91 Å². The molecule has 6 heteroatoms. The first kappa shape index (κ1) is 24.5. The van der Waals surface area contributed by atoms with Gasteiger partial charge in [-0.25, -0.2) is 0 Å². The number of rotatable bonds is 6. The average Bonchev–Trinajstić information content (AvgIpc) is 3.18. The van der Waals surface area contributed by atoms with Crippen molar-refractivity contribution in [3.05, 3.63) is 41.6 Å². The molecule has 4 rings (SSSR count). The van der Waals surface area contributed by atoms with Gasteiger partial charge in [0.05, 0.1) is 5.92 Å². The van der Waals surface area contributed by atoms with Gasteiger partial charge in [0.25, 0.3) is 0 Å². The number of H-pyrrole nitrogens is 1. The molecule has 6 nitrogen and oxygen atoms in total. The Kier molecular flexibility index (Phi) is 8.15. The van der Waals surface area contributed by atoms with E-state index in [0.29, 0.717) is 6.04 Å². The first-order valence-corrected chi connectivity index (χ1v) is 11.9. The second-order valence-electron chi connectivity index (χ2n) is 9.55. The minimum Gasteiger partial charge on any atom is -0.361 e. The summed E-state index contributed by atoms with van der Waals surface area (Å²) in [4.78, 5) is 24.9. The van der Waals surface area contributed by atoms with Crippen LogP contribution in [0.5, 0.6) is 0 Å². The first-order valence-electron chi connectivity index (χ1n) is 11.9. The number of benzene rings is 1. The molecular formula is C26H41N5O. The van der Waals surface area contributed by atoms with Crippen LogP contribution in [0.3, 0.4) is 0 Å². The molecule has 0 radical (unpaired) electrons. The number of aromatic amines is 1. The lowest BCUT2D eigenvalue weighted by molar-refractivity contribution is -0.134. The van der Waals surface area contributed by atoms with Crippen LogP contribution in [0.4, 0.5) is 0 Å². The molecular weight excluding hydrogens is 398 g/mol. The zero-order valence-electron chi connectivity index (χ0n) is 21.0.